The van der Waals surface area contributed by atoms with Gasteiger partial charge >= 0.3 is 0 Å². The number of rotatable bonds is 30. The standard InChI is InChI=1S/C28H59NO5/c1-2-3-4-5-6-7-8-9-10-11-12-13-14-15-16-17-18-29(19-23-32-25-21-30)20-24-33-27-28-34-26-22-31/h30-31H,2-28H2,1H3. The van der Waals surface area contributed by atoms with Crippen molar-refractivity contribution >= 4 is 0 Å². The Bertz CT molecular complexity index is 360. The van der Waals surface area contributed by atoms with Crippen molar-refractivity contribution in [2.24, 2.45) is 0 Å². The lowest BCUT2D eigenvalue weighted by molar-refractivity contribution is 0.0218. The summed E-state index contributed by atoms with van der Waals surface area (Å²) in [4.78, 5) is 2.40. The minimum absolute atomic E-state index is 0.0565. The lowest BCUT2D eigenvalue weighted by Gasteiger charge is -2.22. The van der Waals surface area contributed by atoms with Crippen LogP contribution >= 0.6 is 0 Å². The third kappa shape index (κ3) is 28.0. The van der Waals surface area contributed by atoms with Crippen LogP contribution in [0.1, 0.15) is 110 Å². The molecule has 0 saturated heterocycles. The van der Waals surface area contributed by atoms with Crippen LogP contribution in [0.5, 0.6) is 0 Å². The molecule has 206 valence electrons. The molecule has 0 aromatic rings. The zero-order chi connectivity index (χ0) is 24.8. The first-order valence-electron chi connectivity index (χ1n) is 14.5. The van der Waals surface area contributed by atoms with Crippen LogP contribution in [-0.4, -0.2) is 87.6 Å². The maximum absolute atomic E-state index is 8.87. The van der Waals surface area contributed by atoms with Gasteiger partial charge in [0, 0.05) is 13.1 Å². The monoisotopic (exact) mass is 489 g/mol. The number of aliphatic hydroxyl groups is 2. The third-order valence-electron chi connectivity index (χ3n) is 6.27. The van der Waals surface area contributed by atoms with E-state index < -0.39 is 0 Å². The molecule has 2 N–H and O–H groups in total. The van der Waals surface area contributed by atoms with Gasteiger partial charge in [-0.15, -0.1) is 0 Å². The van der Waals surface area contributed by atoms with Crippen LogP contribution in [0, 0.1) is 0 Å². The zero-order valence-corrected chi connectivity index (χ0v) is 22.7. The third-order valence-corrected chi connectivity index (χ3v) is 6.27. The van der Waals surface area contributed by atoms with Crippen molar-refractivity contribution < 1.29 is 24.4 Å². The molecule has 0 saturated carbocycles. The highest BCUT2D eigenvalue weighted by molar-refractivity contribution is 4.59. The molecule has 0 aliphatic heterocycles. The number of ether oxygens (including phenoxy) is 3. The van der Waals surface area contributed by atoms with Crippen LogP contribution in [0.2, 0.25) is 0 Å². The summed E-state index contributed by atoms with van der Waals surface area (Å²) in [5.74, 6) is 0. The summed E-state index contributed by atoms with van der Waals surface area (Å²) in [5.41, 5.74) is 0. The van der Waals surface area contributed by atoms with Gasteiger partial charge < -0.3 is 24.4 Å². The Hall–Kier alpha value is -0.240. The Balaban J connectivity index is 3.56. The molecule has 0 rings (SSSR count). The molecule has 0 fully saturated rings. The normalized spacial score (nSPS) is 11.6. The average molecular weight is 490 g/mol. The minimum Gasteiger partial charge on any atom is -0.394 e. The Labute approximate surface area is 211 Å². The molecule has 0 aliphatic carbocycles. The lowest BCUT2D eigenvalue weighted by Crippen LogP contribution is -2.32. The van der Waals surface area contributed by atoms with E-state index in [-0.39, 0.29) is 13.2 Å². The van der Waals surface area contributed by atoms with Gasteiger partial charge in [0.2, 0.25) is 0 Å². The fourth-order valence-corrected chi connectivity index (χ4v) is 4.16. The predicted octanol–water partition coefficient (Wildman–Crippen LogP) is 5.58. The van der Waals surface area contributed by atoms with Crippen LogP contribution in [0.25, 0.3) is 0 Å². The van der Waals surface area contributed by atoms with Crippen molar-refractivity contribution in [1.29, 1.82) is 0 Å². The van der Waals surface area contributed by atoms with Crippen molar-refractivity contribution in [1.82, 2.24) is 4.90 Å². The molecule has 0 heterocycles. The highest BCUT2D eigenvalue weighted by Crippen LogP contribution is 2.13. The van der Waals surface area contributed by atoms with Crippen molar-refractivity contribution in [3.05, 3.63) is 0 Å². The predicted molar refractivity (Wildman–Crippen MR) is 143 cm³/mol. The highest BCUT2D eigenvalue weighted by atomic mass is 16.5. The van der Waals surface area contributed by atoms with E-state index in [0.29, 0.717) is 39.6 Å². The average Bonchev–Trinajstić information content (AvgIpc) is 2.85. The molecule has 0 aliphatic rings. The van der Waals surface area contributed by atoms with Gasteiger partial charge in [-0.05, 0) is 13.0 Å². The van der Waals surface area contributed by atoms with E-state index >= 15 is 0 Å². The molecule has 6 heteroatoms. The first-order chi connectivity index (χ1) is 16.8. The number of aliphatic hydroxyl groups excluding tert-OH is 2. The maximum Gasteiger partial charge on any atom is 0.0701 e. The summed E-state index contributed by atoms with van der Waals surface area (Å²) in [5, 5.41) is 17.6. The lowest BCUT2D eigenvalue weighted by atomic mass is 10.0. The summed E-state index contributed by atoms with van der Waals surface area (Å²) >= 11 is 0. The Kier molecular flexibility index (Phi) is 30.6. The first kappa shape index (κ1) is 33.8. The van der Waals surface area contributed by atoms with Gasteiger partial charge in [0.15, 0.2) is 0 Å². The second-order valence-electron chi connectivity index (χ2n) is 9.43. The highest BCUT2D eigenvalue weighted by Gasteiger charge is 2.05. The number of nitrogens with zero attached hydrogens (tertiary/aromatic N) is 1. The fraction of sp³-hybridized carbons (Fsp3) is 1.00. The molecular formula is C28H59NO5. The van der Waals surface area contributed by atoms with E-state index in [1.807, 2.05) is 0 Å². The SMILES string of the molecule is CCCCCCCCCCCCCCCCCCN(CCOCCO)CCOCCOCCO. The number of unbranched alkanes of at least 4 members (excludes halogenated alkanes) is 15. The zero-order valence-electron chi connectivity index (χ0n) is 22.7. The van der Waals surface area contributed by atoms with Gasteiger partial charge in [-0.1, -0.05) is 103 Å². The Morgan fingerprint density at radius 1 is 0.412 bits per heavy atom. The maximum atomic E-state index is 8.87. The van der Waals surface area contributed by atoms with Gasteiger partial charge in [0.05, 0.1) is 52.9 Å². The van der Waals surface area contributed by atoms with Crippen molar-refractivity contribution in [3.63, 3.8) is 0 Å². The summed E-state index contributed by atoms with van der Waals surface area (Å²) in [6.45, 7) is 8.47. The fourth-order valence-electron chi connectivity index (χ4n) is 4.16. The van der Waals surface area contributed by atoms with E-state index in [0.717, 1.165) is 19.6 Å². The molecule has 0 radical (unpaired) electrons. The van der Waals surface area contributed by atoms with E-state index in [1.165, 1.54) is 103 Å². The van der Waals surface area contributed by atoms with Gasteiger partial charge in [0.25, 0.3) is 0 Å². The molecule has 0 spiro atoms. The molecule has 0 atom stereocenters. The van der Waals surface area contributed by atoms with Crippen LogP contribution in [0.4, 0.5) is 0 Å². The second-order valence-corrected chi connectivity index (χ2v) is 9.43. The van der Waals surface area contributed by atoms with Gasteiger partial charge in [-0.2, -0.15) is 0 Å². The van der Waals surface area contributed by atoms with Crippen LogP contribution in [0.3, 0.4) is 0 Å². The topological polar surface area (TPSA) is 71.4 Å². The van der Waals surface area contributed by atoms with E-state index in [4.69, 9.17) is 24.4 Å². The van der Waals surface area contributed by atoms with E-state index in [9.17, 15) is 0 Å². The smallest absolute Gasteiger partial charge is 0.0701 e. The molecule has 0 aromatic carbocycles. The van der Waals surface area contributed by atoms with Crippen LogP contribution in [0.15, 0.2) is 0 Å². The van der Waals surface area contributed by atoms with Crippen LogP contribution < -0.4 is 0 Å². The molecule has 0 bridgehead atoms. The second kappa shape index (κ2) is 30.8. The molecule has 0 aromatic heterocycles. The molecule has 0 unspecified atom stereocenters. The quantitative estimate of drug-likeness (QED) is 0.128. The van der Waals surface area contributed by atoms with Gasteiger partial charge in [-0.25, -0.2) is 0 Å². The van der Waals surface area contributed by atoms with Crippen molar-refractivity contribution in [2.45, 2.75) is 110 Å². The van der Waals surface area contributed by atoms with E-state index in [2.05, 4.69) is 11.8 Å². The van der Waals surface area contributed by atoms with Gasteiger partial charge in [0.1, 0.15) is 0 Å². The molecule has 34 heavy (non-hydrogen) atoms. The Morgan fingerprint density at radius 3 is 1.18 bits per heavy atom. The number of hydrogen-bond donors (Lipinski definition) is 2. The summed E-state index contributed by atoms with van der Waals surface area (Å²) in [6, 6.07) is 0. The largest absolute Gasteiger partial charge is 0.394 e. The van der Waals surface area contributed by atoms with Crippen molar-refractivity contribution in [3.8, 4) is 0 Å². The van der Waals surface area contributed by atoms with E-state index in [1.54, 1.807) is 0 Å². The Morgan fingerprint density at radius 2 is 0.765 bits per heavy atom. The van der Waals surface area contributed by atoms with Crippen molar-refractivity contribution in [2.75, 3.05) is 72.5 Å². The molecular weight excluding hydrogens is 430 g/mol. The summed E-state index contributed by atoms with van der Waals surface area (Å²) in [6.07, 6.45) is 22.3. The van der Waals surface area contributed by atoms with Crippen LogP contribution in [-0.2, 0) is 14.2 Å². The first-order valence-corrected chi connectivity index (χ1v) is 14.5. The molecule has 0 amide bonds. The number of hydrogen-bond acceptors (Lipinski definition) is 6. The minimum atomic E-state index is 0.0565. The molecule has 6 nitrogen and oxygen atoms in total. The summed E-state index contributed by atoms with van der Waals surface area (Å²) < 4.78 is 16.3. The summed E-state index contributed by atoms with van der Waals surface area (Å²) in [7, 11) is 0. The van der Waals surface area contributed by atoms with Gasteiger partial charge in [-0.3, -0.25) is 4.90 Å².